The molecule has 3 atom stereocenters. The minimum Gasteiger partial charge on any atom is -0.378 e. The molecule has 0 aromatic heterocycles. The second-order valence-corrected chi connectivity index (χ2v) is 6.77. The van der Waals surface area contributed by atoms with E-state index in [4.69, 9.17) is 0 Å². The molecule has 3 aromatic carbocycles. The molecule has 1 N–H and O–H groups in total. The van der Waals surface area contributed by atoms with Gasteiger partial charge in [0.2, 0.25) is 0 Å². The topological polar surface area (TPSA) is 12.0 Å². The predicted octanol–water partition coefficient (Wildman–Crippen LogP) is 5.81. The second kappa shape index (κ2) is 5.20. The lowest BCUT2D eigenvalue weighted by molar-refractivity contribution is 0.427. The van der Waals surface area contributed by atoms with Crippen LogP contribution in [-0.2, 0) is 0 Å². The molecule has 0 unspecified atom stereocenters. The van der Waals surface area contributed by atoms with Crippen molar-refractivity contribution in [2.75, 3.05) is 5.32 Å². The Morgan fingerprint density at radius 2 is 1.75 bits per heavy atom. The number of hydrogen-bond donors (Lipinski definition) is 1. The van der Waals surface area contributed by atoms with Gasteiger partial charge in [0.05, 0.1) is 6.04 Å². The Morgan fingerprint density at radius 1 is 0.917 bits per heavy atom. The number of allylic oxidation sites excluding steroid dienone is 2. The Kier molecular flexibility index (Phi) is 2.99. The van der Waals surface area contributed by atoms with E-state index in [9.17, 15) is 4.39 Å². The maximum absolute atomic E-state index is 13.3. The van der Waals surface area contributed by atoms with Crippen molar-refractivity contribution >= 4 is 16.5 Å². The zero-order valence-electron chi connectivity index (χ0n) is 13.2. The first kappa shape index (κ1) is 13.8. The van der Waals surface area contributed by atoms with E-state index in [2.05, 4.69) is 53.9 Å². The van der Waals surface area contributed by atoms with Gasteiger partial charge in [0.25, 0.3) is 0 Å². The Labute approximate surface area is 140 Å². The Bertz CT molecular complexity index is 942. The molecule has 0 spiro atoms. The van der Waals surface area contributed by atoms with Crippen LogP contribution in [0.3, 0.4) is 0 Å². The van der Waals surface area contributed by atoms with Crippen molar-refractivity contribution in [2.24, 2.45) is 5.92 Å². The van der Waals surface area contributed by atoms with Crippen LogP contribution >= 0.6 is 0 Å². The van der Waals surface area contributed by atoms with Gasteiger partial charge in [-0.15, -0.1) is 0 Å². The number of rotatable bonds is 1. The smallest absolute Gasteiger partial charge is 0.123 e. The van der Waals surface area contributed by atoms with Gasteiger partial charge in [0, 0.05) is 11.6 Å². The number of nitrogens with one attached hydrogen (secondary N) is 1. The highest BCUT2D eigenvalue weighted by molar-refractivity contribution is 5.91. The monoisotopic (exact) mass is 315 g/mol. The van der Waals surface area contributed by atoms with E-state index in [0.29, 0.717) is 11.8 Å². The molecule has 5 rings (SSSR count). The third kappa shape index (κ3) is 1.99. The van der Waals surface area contributed by atoms with E-state index >= 15 is 0 Å². The van der Waals surface area contributed by atoms with Crippen LogP contribution in [0.5, 0.6) is 0 Å². The zero-order valence-corrected chi connectivity index (χ0v) is 13.2. The average molecular weight is 315 g/mol. The number of benzene rings is 3. The lowest BCUT2D eigenvalue weighted by atomic mass is 9.75. The van der Waals surface area contributed by atoms with E-state index in [1.807, 2.05) is 12.1 Å². The third-order valence-corrected chi connectivity index (χ3v) is 5.49. The molecule has 3 aromatic rings. The van der Waals surface area contributed by atoms with E-state index < -0.39 is 0 Å². The molecule has 118 valence electrons. The fraction of sp³-hybridized carbons (Fsp3) is 0.182. The van der Waals surface area contributed by atoms with Crippen molar-refractivity contribution < 1.29 is 4.39 Å². The predicted molar refractivity (Wildman–Crippen MR) is 96.7 cm³/mol. The summed E-state index contributed by atoms with van der Waals surface area (Å²) in [4.78, 5) is 0. The fourth-order valence-corrected chi connectivity index (χ4v) is 4.38. The molecule has 1 aliphatic carbocycles. The van der Waals surface area contributed by atoms with Crippen LogP contribution < -0.4 is 5.32 Å². The minimum atomic E-state index is -0.179. The second-order valence-electron chi connectivity index (χ2n) is 6.77. The van der Waals surface area contributed by atoms with Crippen LogP contribution in [0.15, 0.2) is 72.8 Å². The van der Waals surface area contributed by atoms with E-state index in [1.54, 1.807) is 12.1 Å². The summed E-state index contributed by atoms with van der Waals surface area (Å²) in [5, 5.41) is 6.36. The normalized spacial score (nSPS) is 24.5. The van der Waals surface area contributed by atoms with Crippen molar-refractivity contribution in [2.45, 2.75) is 18.4 Å². The summed E-state index contributed by atoms with van der Waals surface area (Å²) in [6.45, 7) is 0. The van der Waals surface area contributed by atoms with Crippen LogP contribution in [0.4, 0.5) is 10.1 Å². The van der Waals surface area contributed by atoms with E-state index in [1.165, 1.54) is 22.0 Å². The molecular weight excluding hydrogens is 297 g/mol. The van der Waals surface area contributed by atoms with Crippen molar-refractivity contribution in [1.29, 1.82) is 0 Å². The van der Waals surface area contributed by atoms with Crippen LogP contribution in [0, 0.1) is 11.7 Å². The first-order valence-electron chi connectivity index (χ1n) is 8.51. The molecular formula is C22H18FN. The van der Waals surface area contributed by atoms with Crippen LogP contribution in [0.25, 0.3) is 10.8 Å². The van der Waals surface area contributed by atoms with Crippen LogP contribution in [0.1, 0.15) is 29.5 Å². The highest BCUT2D eigenvalue weighted by atomic mass is 19.1. The Hall–Kier alpha value is -2.61. The first-order chi connectivity index (χ1) is 11.8. The minimum absolute atomic E-state index is 0.179. The number of halogens is 1. The van der Waals surface area contributed by atoms with Gasteiger partial charge in [-0.25, -0.2) is 4.39 Å². The van der Waals surface area contributed by atoms with Gasteiger partial charge >= 0.3 is 0 Å². The quantitative estimate of drug-likeness (QED) is 0.559. The third-order valence-electron chi connectivity index (χ3n) is 5.49. The SMILES string of the molecule is Fc1ccc([C@@H]2Nc3ccc4ccccc4c3[C@@H]3C=CC[C@@H]32)cc1. The summed E-state index contributed by atoms with van der Waals surface area (Å²) < 4.78 is 13.3. The van der Waals surface area contributed by atoms with Gasteiger partial charge in [-0.05, 0) is 52.4 Å². The van der Waals surface area contributed by atoms with Crippen molar-refractivity contribution in [3.63, 3.8) is 0 Å². The number of hydrogen-bond acceptors (Lipinski definition) is 1. The van der Waals surface area contributed by atoms with Gasteiger partial charge in [-0.2, -0.15) is 0 Å². The van der Waals surface area contributed by atoms with Gasteiger partial charge in [0.15, 0.2) is 0 Å². The average Bonchev–Trinajstić information content (AvgIpc) is 3.11. The first-order valence-corrected chi connectivity index (χ1v) is 8.51. The summed E-state index contributed by atoms with van der Waals surface area (Å²) in [6.07, 6.45) is 5.71. The van der Waals surface area contributed by atoms with Crippen LogP contribution in [0.2, 0.25) is 0 Å². The summed E-state index contributed by atoms with van der Waals surface area (Å²) in [6, 6.07) is 20.1. The molecule has 2 heteroatoms. The Morgan fingerprint density at radius 3 is 2.62 bits per heavy atom. The molecule has 0 amide bonds. The van der Waals surface area contributed by atoms with Crippen LogP contribution in [-0.4, -0.2) is 0 Å². The maximum atomic E-state index is 13.3. The summed E-state index contributed by atoms with van der Waals surface area (Å²) in [7, 11) is 0. The molecule has 0 radical (unpaired) electrons. The molecule has 2 aliphatic rings. The van der Waals surface area contributed by atoms with Crippen molar-refractivity contribution in [3.05, 3.63) is 89.8 Å². The fourth-order valence-electron chi connectivity index (χ4n) is 4.38. The standard InChI is InChI=1S/C22H18FN/c23-16-11-8-15(9-12-16)22-19-7-3-6-18(19)21-17-5-2-1-4-14(17)10-13-20(21)24-22/h1-6,8-13,18-19,22,24H,7H2/t18-,19+,22+/m1/s1. The molecule has 24 heavy (non-hydrogen) atoms. The molecule has 1 heterocycles. The molecule has 1 aliphatic heterocycles. The van der Waals surface area contributed by atoms with Crippen molar-refractivity contribution in [3.8, 4) is 0 Å². The summed E-state index contributed by atoms with van der Waals surface area (Å²) in [5.74, 6) is 0.721. The van der Waals surface area contributed by atoms with Gasteiger partial charge in [0.1, 0.15) is 5.82 Å². The lowest BCUT2D eigenvalue weighted by Gasteiger charge is -2.38. The largest absolute Gasteiger partial charge is 0.378 e. The zero-order chi connectivity index (χ0) is 16.1. The molecule has 0 saturated heterocycles. The van der Waals surface area contributed by atoms with Gasteiger partial charge in [-0.3, -0.25) is 0 Å². The number of anilines is 1. The molecule has 0 bridgehead atoms. The highest BCUT2D eigenvalue weighted by Gasteiger charge is 2.38. The highest BCUT2D eigenvalue weighted by Crippen LogP contribution is 2.51. The molecule has 0 saturated carbocycles. The number of fused-ring (bicyclic) bond motifs is 5. The van der Waals surface area contributed by atoms with Crippen molar-refractivity contribution in [1.82, 2.24) is 0 Å². The van der Waals surface area contributed by atoms with Gasteiger partial charge < -0.3 is 5.32 Å². The van der Waals surface area contributed by atoms with Gasteiger partial charge in [-0.1, -0.05) is 54.6 Å². The Balaban J connectivity index is 1.67. The summed E-state index contributed by atoms with van der Waals surface area (Å²) >= 11 is 0. The summed E-state index contributed by atoms with van der Waals surface area (Å²) in [5.41, 5.74) is 3.77. The lowest BCUT2D eigenvalue weighted by Crippen LogP contribution is -2.29. The van der Waals surface area contributed by atoms with E-state index in [-0.39, 0.29) is 11.9 Å². The van der Waals surface area contributed by atoms with E-state index in [0.717, 1.165) is 12.0 Å². The maximum Gasteiger partial charge on any atom is 0.123 e. The molecule has 0 fully saturated rings. The molecule has 1 nitrogen and oxygen atoms in total.